The zero-order chi connectivity index (χ0) is 8.39. The van der Waals surface area contributed by atoms with Crippen LogP contribution in [0.5, 0.6) is 0 Å². The van der Waals surface area contributed by atoms with Crippen LogP contribution in [-0.2, 0) is 0 Å². The van der Waals surface area contributed by atoms with Crippen molar-refractivity contribution < 1.29 is 4.42 Å². The van der Waals surface area contributed by atoms with Crippen LogP contribution in [0.3, 0.4) is 0 Å². The van der Waals surface area contributed by atoms with Gasteiger partial charge in [0.25, 0.3) is 0 Å². The summed E-state index contributed by atoms with van der Waals surface area (Å²) in [5, 5.41) is 0. The van der Waals surface area contributed by atoms with Gasteiger partial charge in [0.2, 0.25) is 0 Å². The summed E-state index contributed by atoms with van der Waals surface area (Å²) in [6.07, 6.45) is 6.57. The third kappa shape index (κ3) is 1.41. The molecule has 0 aliphatic carbocycles. The van der Waals surface area contributed by atoms with Gasteiger partial charge in [-0.2, -0.15) is 0 Å². The maximum absolute atomic E-state index is 5.22. The number of nitrogens with zero attached hydrogens (tertiary/aromatic N) is 2. The molecular weight excluding hydrogens is 152 g/mol. The first-order valence-corrected chi connectivity index (χ1v) is 4.13. The Morgan fingerprint density at radius 3 is 3.17 bits per heavy atom. The first-order chi connectivity index (χ1) is 5.86. The Hall–Kier alpha value is -1.09. The average Bonchev–Trinajstić information content (AvgIpc) is 2.56. The van der Waals surface area contributed by atoms with Crippen LogP contribution in [0, 0.1) is 0 Å². The topological polar surface area (TPSA) is 29.3 Å². The number of aromatic nitrogens is 1. The van der Waals surface area contributed by atoms with Crippen molar-refractivity contribution in [3.05, 3.63) is 24.4 Å². The molecule has 0 bridgehead atoms. The predicted octanol–water partition coefficient (Wildman–Crippen LogP) is 1.39. The molecule has 3 nitrogen and oxygen atoms in total. The van der Waals surface area contributed by atoms with Crippen molar-refractivity contribution in [1.82, 2.24) is 9.88 Å². The van der Waals surface area contributed by atoms with E-state index in [-0.39, 0.29) is 0 Å². The lowest BCUT2D eigenvalue weighted by molar-refractivity contribution is 0.368. The lowest BCUT2D eigenvalue weighted by Gasteiger charge is -2.21. The molecule has 1 aromatic rings. The van der Waals surface area contributed by atoms with Crippen molar-refractivity contribution in [3.8, 4) is 0 Å². The minimum Gasteiger partial charge on any atom is -0.444 e. The maximum Gasteiger partial charge on any atom is 0.181 e. The van der Waals surface area contributed by atoms with Crippen LogP contribution >= 0.6 is 0 Å². The number of hydrogen-bond acceptors (Lipinski definition) is 3. The fourth-order valence-corrected chi connectivity index (χ4v) is 1.45. The molecule has 2 rings (SSSR count). The molecule has 0 aromatic carbocycles. The fraction of sp³-hybridized carbons (Fsp3) is 0.444. The number of oxazole rings is 1. The van der Waals surface area contributed by atoms with E-state index in [4.69, 9.17) is 4.42 Å². The summed E-state index contributed by atoms with van der Waals surface area (Å²) in [5.41, 5.74) is 1.25. The summed E-state index contributed by atoms with van der Waals surface area (Å²) in [6, 6.07) is 0. The summed E-state index contributed by atoms with van der Waals surface area (Å²) in [5.74, 6) is 0.904. The van der Waals surface area contributed by atoms with Crippen LogP contribution in [-0.4, -0.2) is 30.0 Å². The van der Waals surface area contributed by atoms with E-state index in [1.165, 1.54) is 12.0 Å². The van der Waals surface area contributed by atoms with Crippen molar-refractivity contribution in [2.45, 2.75) is 6.42 Å². The summed E-state index contributed by atoms with van der Waals surface area (Å²) in [4.78, 5) is 6.17. The number of hydrogen-bond donors (Lipinski definition) is 0. The molecule has 0 fully saturated rings. The van der Waals surface area contributed by atoms with Gasteiger partial charge in [-0.3, -0.25) is 0 Å². The first-order valence-electron chi connectivity index (χ1n) is 4.13. The summed E-state index contributed by atoms with van der Waals surface area (Å²) >= 11 is 0. The van der Waals surface area contributed by atoms with Gasteiger partial charge in [-0.05, 0) is 13.5 Å². The zero-order valence-electron chi connectivity index (χ0n) is 7.16. The summed E-state index contributed by atoms with van der Waals surface area (Å²) in [7, 11) is 2.11. The second kappa shape index (κ2) is 3.11. The molecule has 0 amide bonds. The highest BCUT2D eigenvalue weighted by molar-refractivity contribution is 5.62. The van der Waals surface area contributed by atoms with Crippen molar-refractivity contribution in [3.63, 3.8) is 0 Å². The molecule has 0 spiro atoms. The Kier molecular flexibility index (Phi) is 1.96. The highest BCUT2D eigenvalue weighted by Gasteiger charge is 2.11. The van der Waals surface area contributed by atoms with Gasteiger partial charge in [0.1, 0.15) is 0 Å². The quantitative estimate of drug-likeness (QED) is 0.628. The van der Waals surface area contributed by atoms with Crippen molar-refractivity contribution >= 4 is 5.57 Å². The van der Waals surface area contributed by atoms with E-state index in [1.54, 1.807) is 6.20 Å². The Bertz CT molecular complexity index is 277. The van der Waals surface area contributed by atoms with E-state index in [0.29, 0.717) is 0 Å². The molecule has 0 unspecified atom stereocenters. The van der Waals surface area contributed by atoms with Crippen LogP contribution in [0.15, 0.2) is 23.1 Å². The second-order valence-electron chi connectivity index (χ2n) is 3.12. The van der Waals surface area contributed by atoms with Gasteiger partial charge in [0.05, 0.1) is 6.20 Å². The molecule has 64 valence electrons. The van der Waals surface area contributed by atoms with Gasteiger partial charge in [0.15, 0.2) is 12.2 Å². The van der Waals surface area contributed by atoms with Crippen LogP contribution in [0.4, 0.5) is 0 Å². The van der Waals surface area contributed by atoms with Gasteiger partial charge in [0, 0.05) is 18.7 Å². The Labute approximate surface area is 71.7 Å². The van der Waals surface area contributed by atoms with E-state index in [1.807, 2.05) is 0 Å². The third-order valence-electron chi connectivity index (χ3n) is 2.09. The van der Waals surface area contributed by atoms with Crippen LogP contribution in [0.25, 0.3) is 5.57 Å². The normalized spacial score (nSPS) is 19.2. The Balaban J connectivity index is 2.19. The molecule has 0 atom stereocenters. The molecule has 3 heteroatoms. The minimum atomic E-state index is 0.904. The molecular formula is C9H12N2O. The lowest BCUT2D eigenvalue weighted by Crippen LogP contribution is -2.24. The van der Waals surface area contributed by atoms with Crippen LogP contribution in [0.1, 0.15) is 12.2 Å². The fourth-order valence-electron chi connectivity index (χ4n) is 1.45. The lowest BCUT2D eigenvalue weighted by atomic mass is 10.1. The molecule has 0 radical (unpaired) electrons. The molecule has 0 saturated carbocycles. The highest BCUT2D eigenvalue weighted by Crippen LogP contribution is 2.18. The van der Waals surface area contributed by atoms with E-state index in [0.717, 1.165) is 25.3 Å². The van der Waals surface area contributed by atoms with Crippen molar-refractivity contribution in [2.75, 3.05) is 20.1 Å². The third-order valence-corrected chi connectivity index (χ3v) is 2.09. The average molecular weight is 164 g/mol. The Morgan fingerprint density at radius 2 is 2.50 bits per heavy atom. The minimum absolute atomic E-state index is 0.904. The van der Waals surface area contributed by atoms with Gasteiger partial charge >= 0.3 is 0 Å². The largest absolute Gasteiger partial charge is 0.444 e. The first kappa shape index (κ1) is 7.55. The van der Waals surface area contributed by atoms with E-state index in [2.05, 4.69) is 23.0 Å². The van der Waals surface area contributed by atoms with E-state index < -0.39 is 0 Å². The van der Waals surface area contributed by atoms with Gasteiger partial charge < -0.3 is 9.32 Å². The summed E-state index contributed by atoms with van der Waals surface area (Å²) < 4.78 is 5.22. The van der Waals surface area contributed by atoms with Gasteiger partial charge in [-0.25, -0.2) is 4.98 Å². The highest BCUT2D eigenvalue weighted by atomic mass is 16.3. The van der Waals surface area contributed by atoms with Crippen molar-refractivity contribution in [2.24, 2.45) is 0 Å². The molecule has 1 aliphatic rings. The summed E-state index contributed by atoms with van der Waals surface area (Å²) in [6.45, 7) is 2.10. The monoisotopic (exact) mass is 164 g/mol. The maximum atomic E-state index is 5.22. The molecule has 12 heavy (non-hydrogen) atoms. The molecule has 1 aliphatic heterocycles. The smallest absolute Gasteiger partial charge is 0.181 e. The van der Waals surface area contributed by atoms with Crippen LogP contribution in [0.2, 0.25) is 0 Å². The van der Waals surface area contributed by atoms with Crippen LogP contribution < -0.4 is 0 Å². The second-order valence-corrected chi connectivity index (χ2v) is 3.12. The zero-order valence-corrected chi connectivity index (χ0v) is 7.16. The molecule has 0 saturated heterocycles. The molecule has 0 N–H and O–H groups in total. The van der Waals surface area contributed by atoms with E-state index >= 15 is 0 Å². The van der Waals surface area contributed by atoms with Crippen molar-refractivity contribution in [1.29, 1.82) is 0 Å². The molecule has 1 aromatic heterocycles. The molecule has 2 heterocycles. The number of rotatable bonds is 1. The van der Waals surface area contributed by atoms with E-state index in [9.17, 15) is 0 Å². The predicted molar refractivity (Wildman–Crippen MR) is 46.6 cm³/mol. The number of likely N-dealkylation sites (N-methyl/N-ethyl adjacent to an activating group) is 1. The van der Waals surface area contributed by atoms with Gasteiger partial charge in [-0.1, -0.05) is 6.08 Å². The van der Waals surface area contributed by atoms with Gasteiger partial charge in [-0.15, -0.1) is 0 Å². The SMILES string of the molecule is CN1CCC=C(c2cnco2)C1. The Morgan fingerprint density at radius 1 is 1.58 bits per heavy atom. The standard InChI is InChI=1S/C9H12N2O/c1-11-4-2-3-8(6-11)9-5-10-7-12-9/h3,5,7H,2,4,6H2,1H3.